The minimum absolute atomic E-state index is 0.0132. The molecule has 1 saturated heterocycles. The molecule has 2 aliphatic rings. The summed E-state index contributed by atoms with van der Waals surface area (Å²) in [6, 6.07) is 9.91. The summed E-state index contributed by atoms with van der Waals surface area (Å²) < 4.78 is 1.90. The molecule has 0 bridgehead atoms. The fourth-order valence-electron chi connectivity index (χ4n) is 4.13. The molecule has 4 rings (SSSR count). The van der Waals surface area contributed by atoms with Gasteiger partial charge in [-0.3, -0.25) is 14.4 Å². The molecule has 1 unspecified atom stereocenters. The van der Waals surface area contributed by atoms with E-state index in [1.165, 1.54) is 11.3 Å². The number of rotatable bonds is 4. The van der Waals surface area contributed by atoms with Gasteiger partial charge in [0.25, 0.3) is 0 Å². The first-order valence-electron chi connectivity index (χ1n) is 8.88. The summed E-state index contributed by atoms with van der Waals surface area (Å²) in [5, 5.41) is 13.9. The summed E-state index contributed by atoms with van der Waals surface area (Å²) >= 11 is 0. The molecule has 2 aromatic rings. The summed E-state index contributed by atoms with van der Waals surface area (Å²) in [6.45, 7) is 3.48. The molecule has 1 aromatic heterocycles. The van der Waals surface area contributed by atoms with E-state index in [4.69, 9.17) is 0 Å². The van der Waals surface area contributed by atoms with Crippen molar-refractivity contribution in [2.24, 2.45) is 13.0 Å². The Labute approximate surface area is 147 Å². The lowest BCUT2D eigenvalue weighted by atomic mass is 10.0. The van der Waals surface area contributed by atoms with Crippen molar-refractivity contribution in [1.82, 2.24) is 14.7 Å². The Balaban J connectivity index is 1.43. The molecule has 1 N–H and O–H groups in total. The normalized spacial score (nSPS) is 21.0. The zero-order valence-electron chi connectivity index (χ0n) is 14.6. The van der Waals surface area contributed by atoms with Crippen molar-refractivity contribution in [2.45, 2.75) is 26.0 Å². The summed E-state index contributed by atoms with van der Waals surface area (Å²) in [5.74, 6) is 0.565. The third-order valence-electron chi connectivity index (χ3n) is 5.34. The first-order chi connectivity index (χ1) is 12.2. The van der Waals surface area contributed by atoms with Crippen LogP contribution < -0.4 is 4.90 Å². The Kier molecular flexibility index (Phi) is 4.31. The third-order valence-corrected chi connectivity index (χ3v) is 5.34. The van der Waals surface area contributed by atoms with E-state index in [0.29, 0.717) is 12.3 Å². The second-order valence-corrected chi connectivity index (χ2v) is 7.05. The van der Waals surface area contributed by atoms with Crippen molar-refractivity contribution in [1.29, 1.82) is 0 Å². The molecule has 2 aliphatic heterocycles. The van der Waals surface area contributed by atoms with Crippen LogP contribution in [-0.4, -0.2) is 45.3 Å². The van der Waals surface area contributed by atoms with Crippen LogP contribution in [0.3, 0.4) is 0 Å². The standard InChI is InChI=1S/C19H24N4O2/c1-21-18-7-8-22(12-16(18)17(13-24)20-21)10-14-9-19(25)23(11-14)15-5-3-2-4-6-15/h2-6,14,24H,7-13H2,1H3. The second-order valence-electron chi connectivity index (χ2n) is 7.05. The first-order valence-corrected chi connectivity index (χ1v) is 8.88. The fourth-order valence-corrected chi connectivity index (χ4v) is 4.13. The van der Waals surface area contributed by atoms with Crippen molar-refractivity contribution < 1.29 is 9.90 Å². The SMILES string of the molecule is Cn1nc(CO)c2c1CCN(CC1CC(=O)N(c3ccccc3)C1)C2. The number of para-hydroxylation sites is 1. The van der Waals surface area contributed by atoms with Crippen LogP contribution in [0.15, 0.2) is 30.3 Å². The van der Waals surface area contributed by atoms with Crippen LogP contribution in [0.5, 0.6) is 0 Å². The van der Waals surface area contributed by atoms with Crippen molar-refractivity contribution in [2.75, 3.05) is 24.5 Å². The van der Waals surface area contributed by atoms with Crippen LogP contribution in [0.4, 0.5) is 5.69 Å². The number of fused-ring (bicyclic) bond motifs is 1. The van der Waals surface area contributed by atoms with E-state index in [1.54, 1.807) is 0 Å². The van der Waals surface area contributed by atoms with Crippen molar-refractivity contribution >= 4 is 11.6 Å². The molecule has 0 saturated carbocycles. The number of carbonyl (C=O) groups is 1. The maximum atomic E-state index is 12.4. The molecular formula is C19H24N4O2. The van der Waals surface area contributed by atoms with E-state index in [9.17, 15) is 9.90 Å². The predicted octanol–water partition coefficient (Wildman–Crippen LogP) is 1.32. The van der Waals surface area contributed by atoms with Gasteiger partial charge in [0.1, 0.15) is 0 Å². The molecule has 0 radical (unpaired) electrons. The molecule has 0 spiro atoms. The zero-order chi connectivity index (χ0) is 17.4. The number of hydrogen-bond donors (Lipinski definition) is 1. The molecule has 1 aromatic carbocycles. The molecule has 1 atom stereocenters. The highest BCUT2D eigenvalue weighted by Crippen LogP contribution is 2.28. The largest absolute Gasteiger partial charge is 0.390 e. The molecule has 3 heterocycles. The van der Waals surface area contributed by atoms with Crippen LogP contribution in [0.25, 0.3) is 0 Å². The number of benzene rings is 1. The Hall–Kier alpha value is -2.18. The average molecular weight is 340 g/mol. The number of amides is 1. The van der Waals surface area contributed by atoms with E-state index in [0.717, 1.165) is 44.0 Å². The van der Waals surface area contributed by atoms with Gasteiger partial charge in [0, 0.05) is 63.0 Å². The fraction of sp³-hybridized carbons (Fsp3) is 0.474. The Morgan fingerprint density at radius 3 is 2.84 bits per heavy atom. The van der Waals surface area contributed by atoms with Crippen molar-refractivity contribution in [3.05, 3.63) is 47.3 Å². The lowest BCUT2D eigenvalue weighted by Crippen LogP contribution is -2.36. The Morgan fingerprint density at radius 2 is 2.08 bits per heavy atom. The Morgan fingerprint density at radius 1 is 1.28 bits per heavy atom. The van der Waals surface area contributed by atoms with E-state index in [1.807, 2.05) is 47.0 Å². The van der Waals surface area contributed by atoms with Crippen LogP contribution in [0.2, 0.25) is 0 Å². The summed E-state index contributed by atoms with van der Waals surface area (Å²) in [7, 11) is 1.95. The topological polar surface area (TPSA) is 61.6 Å². The van der Waals surface area contributed by atoms with Gasteiger partial charge in [0.05, 0.1) is 12.3 Å². The summed E-state index contributed by atoms with van der Waals surface area (Å²) in [6.07, 6.45) is 1.56. The number of carbonyl (C=O) groups excluding carboxylic acids is 1. The van der Waals surface area contributed by atoms with Gasteiger partial charge >= 0.3 is 0 Å². The monoisotopic (exact) mass is 340 g/mol. The first kappa shape index (κ1) is 16.3. The highest BCUT2D eigenvalue weighted by molar-refractivity contribution is 5.95. The molecule has 6 heteroatoms. The minimum Gasteiger partial charge on any atom is -0.390 e. The number of aromatic nitrogens is 2. The van der Waals surface area contributed by atoms with Gasteiger partial charge < -0.3 is 10.0 Å². The van der Waals surface area contributed by atoms with Gasteiger partial charge in [-0.05, 0) is 18.1 Å². The summed E-state index contributed by atoms with van der Waals surface area (Å²) in [4.78, 5) is 16.7. The van der Waals surface area contributed by atoms with Crippen molar-refractivity contribution in [3.8, 4) is 0 Å². The van der Waals surface area contributed by atoms with Crippen LogP contribution in [-0.2, 0) is 31.4 Å². The van der Waals surface area contributed by atoms with Crippen LogP contribution in [0, 0.1) is 5.92 Å². The van der Waals surface area contributed by atoms with Crippen LogP contribution >= 0.6 is 0 Å². The van der Waals surface area contributed by atoms with Gasteiger partial charge in [0.2, 0.25) is 5.91 Å². The number of hydrogen-bond acceptors (Lipinski definition) is 4. The smallest absolute Gasteiger partial charge is 0.227 e. The molecule has 132 valence electrons. The second kappa shape index (κ2) is 6.61. The van der Waals surface area contributed by atoms with Gasteiger partial charge in [-0.25, -0.2) is 0 Å². The van der Waals surface area contributed by atoms with Gasteiger partial charge in [-0.2, -0.15) is 5.10 Å². The maximum absolute atomic E-state index is 12.4. The molecule has 1 fully saturated rings. The van der Waals surface area contributed by atoms with Crippen molar-refractivity contribution in [3.63, 3.8) is 0 Å². The lowest BCUT2D eigenvalue weighted by Gasteiger charge is -2.29. The van der Waals surface area contributed by atoms with Gasteiger partial charge in [-0.1, -0.05) is 18.2 Å². The quantitative estimate of drug-likeness (QED) is 0.912. The van der Waals surface area contributed by atoms with E-state index in [2.05, 4.69) is 10.00 Å². The molecular weight excluding hydrogens is 316 g/mol. The van der Waals surface area contributed by atoms with E-state index >= 15 is 0 Å². The molecule has 6 nitrogen and oxygen atoms in total. The summed E-state index contributed by atoms with van der Waals surface area (Å²) in [5.41, 5.74) is 4.18. The number of aryl methyl sites for hydroxylation is 1. The van der Waals surface area contributed by atoms with Crippen LogP contribution in [0.1, 0.15) is 23.4 Å². The number of aliphatic hydroxyl groups excluding tert-OH is 1. The zero-order valence-corrected chi connectivity index (χ0v) is 14.6. The maximum Gasteiger partial charge on any atom is 0.227 e. The average Bonchev–Trinajstić information content (AvgIpc) is 3.15. The molecule has 1 amide bonds. The number of aliphatic hydroxyl groups is 1. The Bertz CT molecular complexity index is 771. The highest BCUT2D eigenvalue weighted by Gasteiger charge is 2.33. The van der Waals surface area contributed by atoms with Gasteiger partial charge in [0.15, 0.2) is 0 Å². The number of anilines is 1. The third kappa shape index (κ3) is 3.07. The predicted molar refractivity (Wildman–Crippen MR) is 95.0 cm³/mol. The lowest BCUT2D eigenvalue weighted by molar-refractivity contribution is -0.117. The van der Waals surface area contributed by atoms with Gasteiger partial charge in [-0.15, -0.1) is 0 Å². The highest BCUT2D eigenvalue weighted by atomic mass is 16.3. The minimum atomic E-state index is -0.0132. The molecule has 0 aliphatic carbocycles. The number of nitrogens with zero attached hydrogens (tertiary/aromatic N) is 4. The molecule has 25 heavy (non-hydrogen) atoms. The van der Waals surface area contributed by atoms with E-state index < -0.39 is 0 Å². The van der Waals surface area contributed by atoms with E-state index in [-0.39, 0.29) is 12.5 Å².